The second kappa shape index (κ2) is 9.59. The van der Waals surface area contributed by atoms with Gasteiger partial charge in [-0.1, -0.05) is 11.6 Å². The molecule has 0 heterocycles. The smallest absolute Gasteiger partial charge is 0.251 e. The lowest BCUT2D eigenvalue weighted by Crippen LogP contribution is -2.33. The minimum atomic E-state index is -3.55. The van der Waals surface area contributed by atoms with Gasteiger partial charge in [-0.25, -0.2) is 8.42 Å². The molecule has 8 heteroatoms. The van der Waals surface area contributed by atoms with Gasteiger partial charge in [0.05, 0.1) is 4.90 Å². The first-order chi connectivity index (χ1) is 12.7. The Morgan fingerprint density at radius 1 is 1.11 bits per heavy atom. The third-order valence-electron chi connectivity index (χ3n) is 3.99. The summed E-state index contributed by atoms with van der Waals surface area (Å²) in [6, 6.07) is 13.4. The highest BCUT2D eigenvalue weighted by molar-refractivity contribution is 7.99. The average molecular weight is 427 g/mol. The van der Waals surface area contributed by atoms with E-state index in [1.165, 1.54) is 28.6 Å². The van der Waals surface area contributed by atoms with Crippen molar-refractivity contribution in [1.29, 1.82) is 0 Å². The molecule has 1 amide bonds. The van der Waals surface area contributed by atoms with E-state index in [9.17, 15) is 13.2 Å². The molecule has 146 valence electrons. The van der Waals surface area contributed by atoms with Crippen LogP contribution in [-0.4, -0.2) is 44.0 Å². The summed E-state index contributed by atoms with van der Waals surface area (Å²) in [7, 11) is -2.01. The van der Waals surface area contributed by atoms with Crippen molar-refractivity contribution in [3.8, 4) is 0 Å². The molecule has 0 unspecified atom stereocenters. The van der Waals surface area contributed by atoms with Crippen molar-refractivity contribution in [3.05, 3.63) is 59.1 Å². The molecule has 27 heavy (non-hydrogen) atoms. The molecule has 2 rings (SSSR count). The lowest BCUT2D eigenvalue weighted by atomic mass is 10.2. The van der Waals surface area contributed by atoms with Crippen LogP contribution < -0.4 is 5.32 Å². The lowest BCUT2D eigenvalue weighted by Gasteiger charge is -2.21. The van der Waals surface area contributed by atoms with Crippen molar-refractivity contribution in [1.82, 2.24) is 9.62 Å². The Balaban J connectivity index is 1.89. The third kappa shape index (κ3) is 5.97. The Morgan fingerprint density at radius 3 is 2.26 bits per heavy atom. The Kier molecular flexibility index (Phi) is 7.73. The molecule has 0 radical (unpaired) electrons. The third-order valence-corrected chi connectivity index (χ3v) is 7.30. The number of carbonyl (C=O) groups excluding carboxylic acids is 1. The fourth-order valence-corrected chi connectivity index (χ4v) is 4.45. The summed E-state index contributed by atoms with van der Waals surface area (Å²) in [5.74, 6) is 0.492. The van der Waals surface area contributed by atoms with Crippen LogP contribution in [0.5, 0.6) is 0 Å². The number of thioether (sulfide) groups is 1. The van der Waals surface area contributed by atoms with Gasteiger partial charge >= 0.3 is 0 Å². The Labute approximate surface area is 170 Å². The van der Waals surface area contributed by atoms with Crippen LogP contribution in [-0.2, 0) is 10.0 Å². The summed E-state index contributed by atoms with van der Waals surface area (Å²) < 4.78 is 26.2. The zero-order chi connectivity index (χ0) is 20.0. The standard InChI is InChI=1S/C19H23ClN2O3S2/c1-14(2)22(3)27(24,25)18-10-4-15(5-11-18)19(23)21-12-13-26-17-8-6-16(20)7-9-17/h4-11,14H,12-13H2,1-3H3,(H,21,23). The van der Waals surface area contributed by atoms with Gasteiger partial charge in [0.2, 0.25) is 10.0 Å². The fraction of sp³-hybridized carbons (Fsp3) is 0.316. The van der Waals surface area contributed by atoms with Crippen LogP contribution >= 0.6 is 23.4 Å². The van der Waals surface area contributed by atoms with Crippen LogP contribution in [0, 0.1) is 0 Å². The predicted octanol–water partition coefficient (Wildman–Crippen LogP) is 3.89. The zero-order valence-corrected chi connectivity index (χ0v) is 17.9. The lowest BCUT2D eigenvalue weighted by molar-refractivity contribution is 0.0956. The highest BCUT2D eigenvalue weighted by atomic mass is 35.5. The van der Waals surface area contributed by atoms with Gasteiger partial charge in [-0.15, -0.1) is 11.8 Å². The van der Waals surface area contributed by atoms with E-state index < -0.39 is 10.0 Å². The number of hydrogen-bond acceptors (Lipinski definition) is 4. The van der Waals surface area contributed by atoms with Crippen LogP contribution in [0.3, 0.4) is 0 Å². The van der Waals surface area contributed by atoms with Crippen molar-refractivity contribution in [3.63, 3.8) is 0 Å². The Bertz CT molecular complexity index is 867. The van der Waals surface area contributed by atoms with E-state index in [-0.39, 0.29) is 16.8 Å². The van der Waals surface area contributed by atoms with E-state index in [2.05, 4.69) is 5.32 Å². The molecule has 0 atom stereocenters. The first-order valence-corrected chi connectivity index (χ1v) is 11.3. The van der Waals surface area contributed by atoms with Crippen molar-refractivity contribution in [2.24, 2.45) is 0 Å². The van der Waals surface area contributed by atoms with Crippen LogP contribution in [0.15, 0.2) is 58.3 Å². The number of carbonyl (C=O) groups is 1. The molecule has 0 bridgehead atoms. The second-order valence-electron chi connectivity index (χ2n) is 6.20. The highest BCUT2D eigenvalue weighted by Crippen LogP contribution is 2.20. The quantitative estimate of drug-likeness (QED) is 0.513. The molecule has 0 aromatic heterocycles. The Hall–Kier alpha value is -1.54. The molecular weight excluding hydrogens is 404 g/mol. The molecule has 2 aromatic carbocycles. The second-order valence-corrected chi connectivity index (χ2v) is 9.80. The largest absolute Gasteiger partial charge is 0.351 e. The van der Waals surface area contributed by atoms with Crippen molar-refractivity contribution >= 4 is 39.3 Å². The highest BCUT2D eigenvalue weighted by Gasteiger charge is 2.23. The van der Waals surface area contributed by atoms with Crippen LogP contribution in [0.25, 0.3) is 0 Å². The topological polar surface area (TPSA) is 66.5 Å². The molecule has 0 saturated heterocycles. The minimum Gasteiger partial charge on any atom is -0.351 e. The number of benzene rings is 2. The van der Waals surface area contributed by atoms with Crippen LogP contribution in [0.2, 0.25) is 5.02 Å². The molecule has 2 aromatic rings. The number of hydrogen-bond donors (Lipinski definition) is 1. The van der Waals surface area contributed by atoms with E-state index in [0.29, 0.717) is 17.1 Å². The van der Waals surface area contributed by atoms with Crippen LogP contribution in [0.1, 0.15) is 24.2 Å². The number of halogens is 1. The molecule has 0 aliphatic carbocycles. The molecule has 5 nitrogen and oxygen atoms in total. The van der Waals surface area contributed by atoms with Crippen molar-refractivity contribution in [2.75, 3.05) is 19.3 Å². The molecule has 1 N–H and O–H groups in total. The van der Waals surface area contributed by atoms with E-state index in [0.717, 1.165) is 10.6 Å². The summed E-state index contributed by atoms with van der Waals surface area (Å²) in [5.41, 5.74) is 0.428. The van der Waals surface area contributed by atoms with Gasteiger partial charge < -0.3 is 5.32 Å². The molecule has 0 fully saturated rings. The van der Waals surface area contributed by atoms with Gasteiger partial charge in [-0.3, -0.25) is 4.79 Å². The summed E-state index contributed by atoms with van der Waals surface area (Å²) in [6.45, 7) is 4.12. The minimum absolute atomic E-state index is 0.142. The predicted molar refractivity (Wildman–Crippen MR) is 111 cm³/mol. The van der Waals surface area contributed by atoms with Crippen molar-refractivity contribution in [2.45, 2.75) is 29.7 Å². The van der Waals surface area contributed by atoms with Gasteiger partial charge in [0.15, 0.2) is 0 Å². The number of nitrogens with one attached hydrogen (secondary N) is 1. The summed E-state index contributed by atoms with van der Waals surface area (Å²) >= 11 is 7.47. The summed E-state index contributed by atoms with van der Waals surface area (Å²) in [6.07, 6.45) is 0. The van der Waals surface area contributed by atoms with Crippen LogP contribution in [0.4, 0.5) is 0 Å². The van der Waals surface area contributed by atoms with Crippen molar-refractivity contribution < 1.29 is 13.2 Å². The first kappa shape index (κ1) is 21.8. The van der Waals surface area contributed by atoms with Gasteiger partial charge in [0, 0.05) is 40.9 Å². The summed E-state index contributed by atoms with van der Waals surface area (Å²) in [4.78, 5) is 13.5. The normalized spacial score (nSPS) is 11.8. The molecule has 0 spiro atoms. The molecule has 0 aliphatic heterocycles. The Morgan fingerprint density at radius 2 is 1.70 bits per heavy atom. The van der Waals surface area contributed by atoms with Gasteiger partial charge in [-0.2, -0.15) is 4.31 Å². The van der Waals surface area contributed by atoms with E-state index in [4.69, 9.17) is 11.6 Å². The number of nitrogens with zero attached hydrogens (tertiary/aromatic N) is 1. The average Bonchev–Trinajstić information content (AvgIpc) is 2.65. The number of rotatable bonds is 8. The molecule has 0 aliphatic rings. The SMILES string of the molecule is CC(C)N(C)S(=O)(=O)c1ccc(C(=O)NCCSc2ccc(Cl)cc2)cc1. The maximum absolute atomic E-state index is 12.4. The molecule has 0 saturated carbocycles. The van der Waals surface area contributed by atoms with Gasteiger partial charge in [-0.05, 0) is 62.4 Å². The number of sulfonamides is 1. The first-order valence-electron chi connectivity index (χ1n) is 8.46. The summed E-state index contributed by atoms with van der Waals surface area (Å²) in [5, 5.41) is 3.53. The van der Waals surface area contributed by atoms with E-state index >= 15 is 0 Å². The monoisotopic (exact) mass is 426 g/mol. The van der Waals surface area contributed by atoms with Gasteiger partial charge in [0.1, 0.15) is 0 Å². The number of amides is 1. The van der Waals surface area contributed by atoms with E-state index in [1.807, 2.05) is 24.3 Å². The van der Waals surface area contributed by atoms with E-state index in [1.54, 1.807) is 32.7 Å². The fourth-order valence-electron chi connectivity index (χ4n) is 2.19. The maximum atomic E-state index is 12.4. The van der Waals surface area contributed by atoms with Gasteiger partial charge in [0.25, 0.3) is 5.91 Å². The molecular formula is C19H23ClN2O3S2. The zero-order valence-electron chi connectivity index (χ0n) is 15.5. The maximum Gasteiger partial charge on any atom is 0.251 e.